The molecule has 0 spiro atoms. The first kappa shape index (κ1) is 18.4. The molecule has 0 saturated heterocycles. The minimum Gasteiger partial charge on any atom is -0.465 e. The molecule has 2 aromatic rings. The largest absolute Gasteiger partial charge is 0.465 e. The number of anilines is 1. The van der Waals surface area contributed by atoms with Crippen LogP contribution in [0.4, 0.5) is 5.69 Å². The standard InChI is InChI=1S/C18H18ClNO3S/c1-12-8-15(19)6-7-16(12)20-17(21)11-24-10-13-4-3-5-14(9-13)18(22)23-2/h3-9H,10-11H2,1-2H3,(H,20,21). The average molecular weight is 364 g/mol. The van der Waals surface area contributed by atoms with Crippen LogP contribution in [0.15, 0.2) is 42.5 Å². The molecule has 1 amide bonds. The van der Waals surface area contributed by atoms with Gasteiger partial charge in [-0.2, -0.15) is 0 Å². The Hall–Kier alpha value is -1.98. The fraction of sp³-hybridized carbons (Fsp3) is 0.222. The lowest BCUT2D eigenvalue weighted by atomic mass is 10.1. The molecule has 0 bridgehead atoms. The molecule has 6 heteroatoms. The van der Waals surface area contributed by atoms with Crippen LogP contribution in [0.5, 0.6) is 0 Å². The van der Waals surface area contributed by atoms with Gasteiger partial charge in [0.05, 0.1) is 18.4 Å². The first-order valence-corrected chi connectivity index (χ1v) is 8.84. The van der Waals surface area contributed by atoms with Gasteiger partial charge in [-0.25, -0.2) is 4.79 Å². The van der Waals surface area contributed by atoms with Gasteiger partial charge in [-0.05, 0) is 48.4 Å². The normalized spacial score (nSPS) is 10.3. The quantitative estimate of drug-likeness (QED) is 0.777. The van der Waals surface area contributed by atoms with Gasteiger partial charge in [-0.3, -0.25) is 4.79 Å². The molecule has 0 unspecified atom stereocenters. The van der Waals surface area contributed by atoms with E-state index >= 15 is 0 Å². The van der Waals surface area contributed by atoms with Gasteiger partial charge in [-0.1, -0.05) is 23.7 Å². The summed E-state index contributed by atoms with van der Waals surface area (Å²) in [7, 11) is 1.35. The van der Waals surface area contributed by atoms with Crippen LogP contribution in [0, 0.1) is 6.92 Å². The van der Waals surface area contributed by atoms with Crippen molar-refractivity contribution in [3.63, 3.8) is 0 Å². The molecule has 126 valence electrons. The van der Waals surface area contributed by atoms with E-state index in [2.05, 4.69) is 5.32 Å². The van der Waals surface area contributed by atoms with Crippen LogP contribution in [0.25, 0.3) is 0 Å². The fourth-order valence-electron chi connectivity index (χ4n) is 2.12. The number of hydrogen-bond donors (Lipinski definition) is 1. The molecule has 0 aliphatic rings. The number of thioether (sulfide) groups is 1. The van der Waals surface area contributed by atoms with Gasteiger partial charge in [0.1, 0.15) is 0 Å². The Morgan fingerprint density at radius 2 is 2.00 bits per heavy atom. The zero-order valence-corrected chi connectivity index (χ0v) is 15.0. The van der Waals surface area contributed by atoms with E-state index in [0.29, 0.717) is 22.1 Å². The average Bonchev–Trinajstić information content (AvgIpc) is 2.57. The maximum atomic E-state index is 12.0. The van der Waals surface area contributed by atoms with Gasteiger partial charge in [0, 0.05) is 16.5 Å². The summed E-state index contributed by atoms with van der Waals surface area (Å²) >= 11 is 7.38. The summed E-state index contributed by atoms with van der Waals surface area (Å²) in [5.74, 6) is 0.523. The molecule has 24 heavy (non-hydrogen) atoms. The lowest BCUT2D eigenvalue weighted by Crippen LogP contribution is -2.15. The number of hydrogen-bond acceptors (Lipinski definition) is 4. The van der Waals surface area contributed by atoms with Gasteiger partial charge in [0.2, 0.25) is 5.91 Å². The predicted octanol–water partition coefficient (Wildman–Crippen LogP) is 4.31. The molecule has 2 aromatic carbocycles. The molecule has 0 aliphatic carbocycles. The van der Waals surface area contributed by atoms with Crippen LogP contribution >= 0.6 is 23.4 Å². The minimum atomic E-state index is -0.363. The second-order valence-corrected chi connectivity index (χ2v) is 6.61. The van der Waals surface area contributed by atoms with Crippen molar-refractivity contribution >= 4 is 40.9 Å². The molecule has 1 N–H and O–H groups in total. The number of carbonyl (C=O) groups excluding carboxylic acids is 2. The number of ether oxygens (including phenoxy) is 1. The van der Waals surface area contributed by atoms with Crippen LogP contribution < -0.4 is 5.32 Å². The number of nitrogens with one attached hydrogen (secondary N) is 1. The Morgan fingerprint density at radius 3 is 2.71 bits per heavy atom. The molecule has 4 nitrogen and oxygen atoms in total. The number of carbonyl (C=O) groups is 2. The number of halogens is 1. The first-order valence-electron chi connectivity index (χ1n) is 7.30. The molecule has 0 radical (unpaired) electrons. The van der Waals surface area contributed by atoms with Crippen LogP contribution in [-0.4, -0.2) is 24.7 Å². The summed E-state index contributed by atoms with van der Waals surface area (Å²) in [5, 5.41) is 3.51. The lowest BCUT2D eigenvalue weighted by molar-refractivity contribution is -0.113. The smallest absolute Gasteiger partial charge is 0.337 e. The summed E-state index contributed by atoms with van der Waals surface area (Å²) in [4.78, 5) is 23.5. The highest BCUT2D eigenvalue weighted by atomic mass is 35.5. The van der Waals surface area contributed by atoms with E-state index in [0.717, 1.165) is 16.8 Å². The maximum absolute atomic E-state index is 12.0. The van der Waals surface area contributed by atoms with Crippen LogP contribution in [0.2, 0.25) is 5.02 Å². The van der Waals surface area contributed by atoms with Gasteiger partial charge in [0.25, 0.3) is 0 Å². The SMILES string of the molecule is COC(=O)c1cccc(CSCC(=O)Nc2ccc(Cl)cc2C)c1. The van der Waals surface area contributed by atoms with Gasteiger partial charge >= 0.3 is 5.97 Å². The monoisotopic (exact) mass is 363 g/mol. The van der Waals surface area contributed by atoms with E-state index in [1.165, 1.54) is 18.9 Å². The van der Waals surface area contributed by atoms with Crippen molar-refractivity contribution in [3.8, 4) is 0 Å². The van der Waals surface area contributed by atoms with E-state index in [1.807, 2.05) is 19.1 Å². The summed E-state index contributed by atoms with van der Waals surface area (Å²) in [6, 6.07) is 12.5. The molecule has 0 aromatic heterocycles. The lowest BCUT2D eigenvalue weighted by Gasteiger charge is -2.09. The topological polar surface area (TPSA) is 55.4 Å². The van der Waals surface area contributed by atoms with E-state index in [9.17, 15) is 9.59 Å². The Kier molecular flexibility index (Phi) is 6.70. The van der Waals surface area contributed by atoms with E-state index in [-0.39, 0.29) is 11.9 Å². The second-order valence-electron chi connectivity index (χ2n) is 5.19. The van der Waals surface area contributed by atoms with Gasteiger partial charge in [-0.15, -0.1) is 11.8 Å². The van der Waals surface area contributed by atoms with Crippen LogP contribution in [-0.2, 0) is 15.3 Å². The number of aryl methyl sites for hydroxylation is 1. The fourth-order valence-corrected chi connectivity index (χ4v) is 3.12. The van der Waals surface area contributed by atoms with Crippen molar-refractivity contribution in [1.29, 1.82) is 0 Å². The molecular formula is C18H18ClNO3S. The van der Waals surface area contributed by atoms with Crippen molar-refractivity contribution in [1.82, 2.24) is 0 Å². The van der Waals surface area contributed by atoms with Crippen molar-refractivity contribution in [2.24, 2.45) is 0 Å². The number of esters is 1. The second kappa shape index (κ2) is 8.76. The molecule has 0 atom stereocenters. The molecule has 0 saturated carbocycles. The Balaban J connectivity index is 1.85. The highest BCUT2D eigenvalue weighted by Gasteiger charge is 2.08. The van der Waals surface area contributed by atoms with Crippen LogP contribution in [0.1, 0.15) is 21.5 Å². The van der Waals surface area contributed by atoms with Crippen molar-refractivity contribution in [2.75, 3.05) is 18.2 Å². The highest BCUT2D eigenvalue weighted by Crippen LogP contribution is 2.20. The highest BCUT2D eigenvalue weighted by molar-refractivity contribution is 7.99. The van der Waals surface area contributed by atoms with Crippen molar-refractivity contribution in [3.05, 3.63) is 64.2 Å². The summed E-state index contributed by atoms with van der Waals surface area (Å²) < 4.78 is 4.70. The van der Waals surface area contributed by atoms with Crippen LogP contribution in [0.3, 0.4) is 0 Å². The Labute approximate surface area is 150 Å². The van der Waals surface area contributed by atoms with Gasteiger partial charge in [0.15, 0.2) is 0 Å². The number of rotatable bonds is 6. The summed E-state index contributed by atoms with van der Waals surface area (Å²) in [6.45, 7) is 1.90. The van der Waals surface area contributed by atoms with E-state index < -0.39 is 0 Å². The molecule has 2 rings (SSSR count). The van der Waals surface area contributed by atoms with Gasteiger partial charge < -0.3 is 10.1 Å². The third-order valence-corrected chi connectivity index (χ3v) is 4.55. The number of benzene rings is 2. The van der Waals surface area contributed by atoms with E-state index in [1.54, 1.807) is 30.3 Å². The molecule has 0 aliphatic heterocycles. The number of methoxy groups -OCH3 is 1. The summed E-state index contributed by atoms with van der Waals surface area (Å²) in [6.07, 6.45) is 0. The third kappa shape index (κ3) is 5.28. The number of amides is 1. The van der Waals surface area contributed by atoms with E-state index in [4.69, 9.17) is 16.3 Å². The van der Waals surface area contributed by atoms with Crippen molar-refractivity contribution < 1.29 is 14.3 Å². The molecule has 0 fully saturated rings. The zero-order valence-electron chi connectivity index (χ0n) is 13.5. The summed E-state index contributed by atoms with van der Waals surface area (Å²) in [5.41, 5.74) is 3.17. The first-order chi connectivity index (χ1) is 11.5. The third-order valence-electron chi connectivity index (χ3n) is 3.31. The maximum Gasteiger partial charge on any atom is 0.337 e. The zero-order chi connectivity index (χ0) is 17.5. The Bertz CT molecular complexity index is 749. The Morgan fingerprint density at radius 1 is 1.21 bits per heavy atom. The molecule has 0 heterocycles. The minimum absolute atomic E-state index is 0.0745. The predicted molar refractivity (Wildman–Crippen MR) is 98.8 cm³/mol. The van der Waals surface area contributed by atoms with Crippen molar-refractivity contribution in [2.45, 2.75) is 12.7 Å². The molecular weight excluding hydrogens is 346 g/mol.